The van der Waals surface area contributed by atoms with Gasteiger partial charge in [0.2, 0.25) is 0 Å². The molecule has 6 nitrogen and oxygen atoms in total. The van der Waals surface area contributed by atoms with Crippen LogP contribution in [0.2, 0.25) is 5.02 Å². The number of nitrogens with one attached hydrogen (secondary N) is 1. The van der Waals surface area contributed by atoms with E-state index in [1.165, 1.54) is 17.7 Å². The molecule has 0 aliphatic rings. The molecule has 1 amide bonds. The molecular formula is C17H17ClN2O4. The molecule has 126 valence electrons. The van der Waals surface area contributed by atoms with Gasteiger partial charge in [0.15, 0.2) is 0 Å². The lowest BCUT2D eigenvalue weighted by Gasteiger charge is -2.09. The van der Waals surface area contributed by atoms with Gasteiger partial charge in [-0.25, -0.2) is 0 Å². The standard InChI is InChI=1S/C17H17ClN2O4/c1-2-12-3-6-14(7-4-12)24-10-9-19-17(21)15-8-5-13(20(22)23)11-16(15)18/h3-8,11H,2,9-10H2,1H3,(H,19,21). The molecule has 0 saturated carbocycles. The Morgan fingerprint density at radius 3 is 2.54 bits per heavy atom. The number of benzene rings is 2. The first-order valence-corrected chi connectivity index (χ1v) is 7.83. The number of amides is 1. The maximum atomic E-state index is 12.0. The normalized spacial score (nSPS) is 10.2. The zero-order valence-electron chi connectivity index (χ0n) is 13.1. The van der Waals surface area contributed by atoms with E-state index in [1.54, 1.807) is 0 Å². The van der Waals surface area contributed by atoms with Crippen LogP contribution in [-0.4, -0.2) is 24.0 Å². The Kier molecular flexibility index (Phi) is 6.14. The quantitative estimate of drug-likeness (QED) is 0.470. The number of carbonyl (C=O) groups excluding carboxylic acids is 1. The number of rotatable bonds is 7. The zero-order valence-corrected chi connectivity index (χ0v) is 13.9. The van der Waals surface area contributed by atoms with Gasteiger partial charge in [-0.05, 0) is 30.2 Å². The molecule has 0 aromatic heterocycles. The van der Waals surface area contributed by atoms with Crippen molar-refractivity contribution in [1.82, 2.24) is 5.32 Å². The van der Waals surface area contributed by atoms with Crippen molar-refractivity contribution in [3.63, 3.8) is 0 Å². The highest BCUT2D eigenvalue weighted by Crippen LogP contribution is 2.22. The Bertz CT molecular complexity index is 732. The third kappa shape index (κ3) is 4.70. The number of aryl methyl sites for hydroxylation is 1. The topological polar surface area (TPSA) is 81.5 Å². The summed E-state index contributed by atoms with van der Waals surface area (Å²) < 4.78 is 5.54. The molecule has 0 saturated heterocycles. The third-order valence-corrected chi connectivity index (χ3v) is 3.71. The van der Waals surface area contributed by atoms with Gasteiger partial charge in [0.25, 0.3) is 11.6 Å². The van der Waals surface area contributed by atoms with Gasteiger partial charge in [-0.3, -0.25) is 14.9 Å². The highest BCUT2D eigenvalue weighted by Gasteiger charge is 2.14. The monoisotopic (exact) mass is 348 g/mol. The molecule has 1 N–H and O–H groups in total. The summed E-state index contributed by atoms with van der Waals surface area (Å²) >= 11 is 5.91. The van der Waals surface area contributed by atoms with Crippen molar-refractivity contribution in [1.29, 1.82) is 0 Å². The van der Waals surface area contributed by atoms with Crippen molar-refractivity contribution in [2.45, 2.75) is 13.3 Å². The third-order valence-electron chi connectivity index (χ3n) is 3.40. The SMILES string of the molecule is CCc1ccc(OCCNC(=O)c2ccc([N+](=O)[O-])cc2Cl)cc1. The van der Waals surface area contributed by atoms with Crippen LogP contribution in [-0.2, 0) is 6.42 Å². The molecule has 0 fully saturated rings. The summed E-state index contributed by atoms with van der Waals surface area (Å²) in [6.45, 7) is 2.68. The van der Waals surface area contributed by atoms with Gasteiger partial charge >= 0.3 is 0 Å². The minimum Gasteiger partial charge on any atom is -0.492 e. The minimum atomic E-state index is -0.564. The molecule has 0 heterocycles. The summed E-state index contributed by atoms with van der Waals surface area (Å²) in [6, 6.07) is 11.5. The predicted octanol–water partition coefficient (Wildman–Crippen LogP) is 3.62. The highest BCUT2D eigenvalue weighted by molar-refractivity contribution is 6.34. The number of nitrogens with zero attached hydrogens (tertiary/aromatic N) is 1. The maximum absolute atomic E-state index is 12.0. The Morgan fingerprint density at radius 2 is 1.96 bits per heavy atom. The van der Waals surface area contributed by atoms with Crippen LogP contribution in [0.5, 0.6) is 5.75 Å². The molecule has 0 aliphatic carbocycles. The molecule has 2 aromatic carbocycles. The molecule has 0 aliphatic heterocycles. The first-order chi connectivity index (χ1) is 11.5. The second-order valence-corrected chi connectivity index (χ2v) is 5.43. The van der Waals surface area contributed by atoms with E-state index in [2.05, 4.69) is 12.2 Å². The van der Waals surface area contributed by atoms with E-state index in [0.29, 0.717) is 13.2 Å². The van der Waals surface area contributed by atoms with Crippen LogP contribution in [0, 0.1) is 10.1 Å². The molecule has 2 aromatic rings. The summed E-state index contributed by atoms with van der Waals surface area (Å²) in [5.41, 5.74) is 1.26. The number of nitro benzene ring substituents is 1. The fraction of sp³-hybridized carbons (Fsp3) is 0.235. The number of halogens is 1. The lowest BCUT2D eigenvalue weighted by Crippen LogP contribution is -2.28. The summed E-state index contributed by atoms with van der Waals surface area (Å²) in [7, 11) is 0. The van der Waals surface area contributed by atoms with Crippen LogP contribution >= 0.6 is 11.6 Å². The molecule has 0 spiro atoms. The van der Waals surface area contributed by atoms with E-state index in [0.717, 1.165) is 18.2 Å². The van der Waals surface area contributed by atoms with E-state index in [9.17, 15) is 14.9 Å². The number of hydrogen-bond acceptors (Lipinski definition) is 4. The Balaban J connectivity index is 1.83. The van der Waals surface area contributed by atoms with Crippen LogP contribution in [0.25, 0.3) is 0 Å². The van der Waals surface area contributed by atoms with Crippen molar-refractivity contribution in [2.24, 2.45) is 0 Å². The van der Waals surface area contributed by atoms with Crippen LogP contribution in [0.3, 0.4) is 0 Å². The number of nitro groups is 1. The van der Waals surface area contributed by atoms with Gasteiger partial charge in [0.1, 0.15) is 12.4 Å². The zero-order chi connectivity index (χ0) is 17.5. The summed E-state index contributed by atoms with van der Waals surface area (Å²) in [5, 5.41) is 13.4. The van der Waals surface area contributed by atoms with Gasteiger partial charge in [0, 0.05) is 12.1 Å². The molecule has 24 heavy (non-hydrogen) atoms. The van der Waals surface area contributed by atoms with Crippen molar-refractivity contribution < 1.29 is 14.5 Å². The molecule has 0 atom stereocenters. The van der Waals surface area contributed by atoms with Crippen LogP contribution in [0.1, 0.15) is 22.8 Å². The van der Waals surface area contributed by atoms with E-state index in [-0.39, 0.29) is 16.3 Å². The van der Waals surface area contributed by atoms with E-state index in [1.807, 2.05) is 24.3 Å². The largest absolute Gasteiger partial charge is 0.492 e. The van der Waals surface area contributed by atoms with Crippen molar-refractivity contribution in [3.05, 3.63) is 68.7 Å². The molecular weight excluding hydrogens is 332 g/mol. The number of carbonyl (C=O) groups is 1. The predicted molar refractivity (Wildman–Crippen MR) is 91.8 cm³/mol. The van der Waals surface area contributed by atoms with E-state index < -0.39 is 10.8 Å². The van der Waals surface area contributed by atoms with Crippen molar-refractivity contribution in [3.8, 4) is 5.75 Å². The van der Waals surface area contributed by atoms with Gasteiger partial charge in [-0.2, -0.15) is 0 Å². The summed E-state index contributed by atoms with van der Waals surface area (Å²) in [4.78, 5) is 22.1. The lowest BCUT2D eigenvalue weighted by atomic mass is 10.2. The maximum Gasteiger partial charge on any atom is 0.270 e. The summed E-state index contributed by atoms with van der Waals surface area (Å²) in [6.07, 6.45) is 0.965. The Hall–Kier alpha value is -2.60. The average molecular weight is 349 g/mol. The summed E-state index contributed by atoms with van der Waals surface area (Å²) in [5.74, 6) is 0.328. The fourth-order valence-electron chi connectivity index (χ4n) is 2.05. The fourth-order valence-corrected chi connectivity index (χ4v) is 2.31. The van der Waals surface area contributed by atoms with Gasteiger partial charge in [-0.1, -0.05) is 30.7 Å². The van der Waals surface area contributed by atoms with Crippen LogP contribution in [0.4, 0.5) is 5.69 Å². The highest BCUT2D eigenvalue weighted by atomic mass is 35.5. The molecule has 2 rings (SSSR count). The van der Waals surface area contributed by atoms with E-state index >= 15 is 0 Å². The lowest BCUT2D eigenvalue weighted by molar-refractivity contribution is -0.384. The molecule has 0 radical (unpaired) electrons. The Labute approximate surface area is 144 Å². The molecule has 0 bridgehead atoms. The van der Waals surface area contributed by atoms with Crippen molar-refractivity contribution in [2.75, 3.05) is 13.2 Å². The first kappa shape index (κ1) is 17.7. The number of ether oxygens (including phenoxy) is 1. The Morgan fingerprint density at radius 1 is 1.25 bits per heavy atom. The molecule has 0 unspecified atom stereocenters. The van der Waals surface area contributed by atoms with E-state index in [4.69, 9.17) is 16.3 Å². The van der Waals surface area contributed by atoms with Gasteiger partial charge in [-0.15, -0.1) is 0 Å². The second-order valence-electron chi connectivity index (χ2n) is 5.02. The van der Waals surface area contributed by atoms with Gasteiger partial charge < -0.3 is 10.1 Å². The second kappa shape index (κ2) is 8.31. The molecule has 7 heteroatoms. The van der Waals surface area contributed by atoms with Crippen molar-refractivity contribution >= 4 is 23.2 Å². The van der Waals surface area contributed by atoms with Crippen LogP contribution < -0.4 is 10.1 Å². The minimum absolute atomic E-state index is 0.0396. The number of hydrogen-bond donors (Lipinski definition) is 1. The smallest absolute Gasteiger partial charge is 0.270 e. The first-order valence-electron chi connectivity index (χ1n) is 7.45. The van der Waals surface area contributed by atoms with Crippen LogP contribution in [0.15, 0.2) is 42.5 Å². The van der Waals surface area contributed by atoms with Gasteiger partial charge in [0.05, 0.1) is 22.1 Å². The number of non-ortho nitro benzene ring substituents is 1. The average Bonchev–Trinajstić information content (AvgIpc) is 2.58.